The molecule has 0 amide bonds. The number of hydrogen-bond acceptors (Lipinski definition) is 8. The smallest absolute Gasteiger partial charge is 0.241 e. The van der Waals surface area contributed by atoms with E-state index in [1.54, 1.807) is 18.5 Å². The number of fused-ring (bicyclic) bond motifs is 1. The molecule has 5 rings (SSSR count). The largest absolute Gasteiger partial charge is 0.454 e. The molecule has 1 saturated heterocycles. The first-order valence-electron chi connectivity index (χ1n) is 9.65. The molecule has 0 unspecified atom stereocenters. The predicted molar refractivity (Wildman–Crippen MR) is 102 cm³/mol. The Morgan fingerprint density at radius 1 is 1.21 bits per heavy atom. The average Bonchev–Trinajstić information content (AvgIpc) is 3.43. The zero-order valence-electron chi connectivity index (χ0n) is 15.8. The van der Waals surface area contributed by atoms with Gasteiger partial charge in [-0.2, -0.15) is 4.98 Å². The number of benzene rings is 1. The Kier molecular flexibility index (Phi) is 4.69. The van der Waals surface area contributed by atoms with Gasteiger partial charge in [-0.3, -0.25) is 14.7 Å². The molecule has 0 radical (unpaired) electrons. The highest BCUT2D eigenvalue weighted by Crippen LogP contribution is 2.35. The van der Waals surface area contributed by atoms with Crippen LogP contribution < -0.4 is 9.47 Å². The van der Waals surface area contributed by atoms with Crippen LogP contribution in [0.5, 0.6) is 11.5 Å². The number of rotatable bonds is 5. The summed E-state index contributed by atoms with van der Waals surface area (Å²) in [5.41, 5.74) is 1.48. The molecule has 148 valence electrons. The Labute approximate surface area is 167 Å². The van der Waals surface area contributed by atoms with E-state index >= 15 is 0 Å². The van der Waals surface area contributed by atoms with E-state index in [4.69, 9.17) is 14.0 Å². The van der Waals surface area contributed by atoms with Crippen molar-refractivity contribution in [2.75, 3.05) is 19.9 Å². The minimum atomic E-state index is -0.0378. The van der Waals surface area contributed by atoms with Crippen molar-refractivity contribution in [1.29, 1.82) is 0 Å². The quantitative estimate of drug-likeness (QED) is 0.612. The lowest BCUT2D eigenvalue weighted by molar-refractivity contribution is 0.0796. The van der Waals surface area contributed by atoms with E-state index in [0.717, 1.165) is 30.7 Å². The second-order valence-electron chi connectivity index (χ2n) is 7.26. The molecule has 1 atom stereocenters. The van der Waals surface area contributed by atoms with E-state index in [9.17, 15) is 4.79 Å². The zero-order valence-corrected chi connectivity index (χ0v) is 15.8. The maximum absolute atomic E-state index is 12.7. The normalized spacial score (nSPS) is 18.7. The first-order valence-corrected chi connectivity index (χ1v) is 9.65. The number of Topliss-reactive ketones (excluding diaryl/α,β-unsaturated/α-hetero) is 1. The molecule has 1 fully saturated rings. The number of ether oxygens (including phenoxy) is 2. The van der Waals surface area contributed by atoms with E-state index < -0.39 is 0 Å². The number of piperidine rings is 1. The first kappa shape index (κ1) is 17.8. The standard InChI is InChI=1S/C21H20N4O4/c26-20(15-3-1-7-22-10-15)16-4-2-8-25(11-16)12-19-23-21(24-29-19)14-5-6-17-18(9-14)28-13-27-17/h1,3,5-7,9-10,16H,2,4,8,11-13H2/t16-/m0/s1. The van der Waals surface area contributed by atoms with Gasteiger partial charge < -0.3 is 14.0 Å². The fourth-order valence-corrected chi connectivity index (χ4v) is 3.82. The third-order valence-corrected chi connectivity index (χ3v) is 5.28. The van der Waals surface area contributed by atoms with E-state index in [-0.39, 0.29) is 18.5 Å². The molecule has 0 aliphatic carbocycles. The van der Waals surface area contributed by atoms with Crippen molar-refractivity contribution in [2.24, 2.45) is 5.92 Å². The van der Waals surface area contributed by atoms with Crippen LogP contribution in [0.1, 0.15) is 29.1 Å². The zero-order chi connectivity index (χ0) is 19.6. The molecule has 0 spiro atoms. The highest BCUT2D eigenvalue weighted by molar-refractivity contribution is 5.97. The number of hydrogen-bond donors (Lipinski definition) is 0. The summed E-state index contributed by atoms with van der Waals surface area (Å²) < 4.78 is 16.2. The fourth-order valence-electron chi connectivity index (χ4n) is 3.82. The molecule has 29 heavy (non-hydrogen) atoms. The van der Waals surface area contributed by atoms with Crippen LogP contribution in [0.2, 0.25) is 0 Å². The molecular weight excluding hydrogens is 372 g/mol. The van der Waals surface area contributed by atoms with Crippen LogP contribution in [0.3, 0.4) is 0 Å². The minimum Gasteiger partial charge on any atom is -0.454 e. The number of pyridine rings is 1. The second-order valence-corrected chi connectivity index (χ2v) is 7.26. The van der Waals surface area contributed by atoms with Crippen LogP contribution >= 0.6 is 0 Å². The Bertz CT molecular complexity index is 1020. The van der Waals surface area contributed by atoms with Crippen molar-refractivity contribution >= 4 is 5.78 Å². The van der Waals surface area contributed by atoms with Gasteiger partial charge >= 0.3 is 0 Å². The third kappa shape index (κ3) is 3.71. The van der Waals surface area contributed by atoms with Gasteiger partial charge in [0.05, 0.1) is 6.54 Å². The Morgan fingerprint density at radius 2 is 2.14 bits per heavy atom. The number of ketones is 1. The topological polar surface area (TPSA) is 90.6 Å². The number of nitrogens with zero attached hydrogens (tertiary/aromatic N) is 4. The summed E-state index contributed by atoms with van der Waals surface area (Å²) in [4.78, 5) is 23.5. The first-order chi connectivity index (χ1) is 14.3. The fraction of sp³-hybridized carbons (Fsp3) is 0.333. The molecule has 8 heteroatoms. The van der Waals surface area contributed by atoms with Gasteiger partial charge in [0.1, 0.15) is 0 Å². The Hall–Kier alpha value is -3.26. The number of carbonyl (C=O) groups is 1. The molecule has 8 nitrogen and oxygen atoms in total. The van der Waals surface area contributed by atoms with Crippen molar-refractivity contribution < 1.29 is 18.8 Å². The van der Waals surface area contributed by atoms with E-state index in [2.05, 4.69) is 20.0 Å². The number of carbonyl (C=O) groups excluding carboxylic acids is 1. The Morgan fingerprint density at radius 3 is 3.03 bits per heavy atom. The van der Waals surface area contributed by atoms with Crippen LogP contribution in [-0.2, 0) is 6.54 Å². The lowest BCUT2D eigenvalue weighted by Gasteiger charge is -2.30. The molecule has 0 bridgehead atoms. The maximum atomic E-state index is 12.7. The highest BCUT2D eigenvalue weighted by atomic mass is 16.7. The molecule has 0 N–H and O–H groups in total. The van der Waals surface area contributed by atoms with Gasteiger partial charge in [-0.25, -0.2) is 0 Å². The van der Waals surface area contributed by atoms with Crippen LogP contribution in [0, 0.1) is 5.92 Å². The summed E-state index contributed by atoms with van der Waals surface area (Å²) in [7, 11) is 0. The molecule has 2 aromatic heterocycles. The lowest BCUT2D eigenvalue weighted by Crippen LogP contribution is -2.38. The van der Waals surface area contributed by atoms with Gasteiger partial charge in [0.2, 0.25) is 18.5 Å². The average molecular weight is 392 g/mol. The van der Waals surface area contributed by atoms with Crippen LogP contribution in [0.15, 0.2) is 47.2 Å². The minimum absolute atomic E-state index is 0.0378. The van der Waals surface area contributed by atoms with E-state index in [0.29, 0.717) is 36.1 Å². The predicted octanol–water partition coefficient (Wildman–Crippen LogP) is 2.96. The monoisotopic (exact) mass is 392 g/mol. The summed E-state index contributed by atoms with van der Waals surface area (Å²) in [6.07, 6.45) is 5.16. The van der Waals surface area contributed by atoms with Crippen molar-refractivity contribution in [2.45, 2.75) is 19.4 Å². The van der Waals surface area contributed by atoms with Crippen LogP contribution in [0.4, 0.5) is 0 Å². The second kappa shape index (κ2) is 7.63. The van der Waals surface area contributed by atoms with Gasteiger partial charge in [-0.1, -0.05) is 5.16 Å². The Balaban J connectivity index is 1.25. The van der Waals surface area contributed by atoms with Gasteiger partial charge in [0, 0.05) is 36.0 Å². The summed E-state index contributed by atoms with van der Waals surface area (Å²) in [6, 6.07) is 9.19. The summed E-state index contributed by atoms with van der Waals surface area (Å²) in [5.74, 6) is 2.56. The summed E-state index contributed by atoms with van der Waals surface area (Å²) >= 11 is 0. The van der Waals surface area contributed by atoms with Crippen LogP contribution in [0.25, 0.3) is 11.4 Å². The van der Waals surface area contributed by atoms with Crippen molar-refractivity contribution in [3.8, 4) is 22.9 Å². The van der Waals surface area contributed by atoms with E-state index in [1.807, 2.05) is 24.3 Å². The molecule has 2 aliphatic rings. The summed E-state index contributed by atoms with van der Waals surface area (Å²) in [5, 5.41) is 4.09. The van der Waals surface area contributed by atoms with Gasteiger partial charge in [-0.15, -0.1) is 0 Å². The lowest BCUT2D eigenvalue weighted by atomic mass is 9.90. The molecule has 3 aromatic rings. The molecule has 2 aliphatic heterocycles. The third-order valence-electron chi connectivity index (χ3n) is 5.28. The number of likely N-dealkylation sites (tertiary alicyclic amines) is 1. The maximum Gasteiger partial charge on any atom is 0.241 e. The van der Waals surface area contributed by atoms with Crippen molar-refractivity contribution in [3.05, 3.63) is 54.2 Å². The highest BCUT2D eigenvalue weighted by Gasteiger charge is 2.28. The van der Waals surface area contributed by atoms with Gasteiger partial charge in [-0.05, 0) is 49.7 Å². The SMILES string of the molecule is O=C(c1cccnc1)[C@H]1CCCN(Cc2nc(-c3ccc4c(c3)OCO4)no2)C1. The molecule has 1 aromatic carbocycles. The van der Waals surface area contributed by atoms with Crippen LogP contribution in [-0.4, -0.2) is 45.7 Å². The molecule has 4 heterocycles. The van der Waals surface area contributed by atoms with Crippen molar-refractivity contribution in [3.63, 3.8) is 0 Å². The summed E-state index contributed by atoms with van der Waals surface area (Å²) in [6.45, 7) is 2.33. The van der Waals surface area contributed by atoms with Gasteiger partial charge in [0.15, 0.2) is 17.3 Å². The molecular formula is C21H20N4O4. The molecule has 0 saturated carbocycles. The van der Waals surface area contributed by atoms with Crippen molar-refractivity contribution in [1.82, 2.24) is 20.0 Å². The van der Waals surface area contributed by atoms with Gasteiger partial charge in [0.25, 0.3) is 0 Å². The number of aromatic nitrogens is 3. The van der Waals surface area contributed by atoms with E-state index in [1.165, 1.54) is 0 Å².